The van der Waals surface area contributed by atoms with Crippen LogP contribution in [-0.4, -0.2) is 5.11 Å². The van der Waals surface area contributed by atoms with Crippen molar-refractivity contribution >= 4 is 0 Å². The van der Waals surface area contributed by atoms with Gasteiger partial charge in [-0.05, 0) is 54.1 Å². The molecule has 2 aromatic carbocycles. The number of aliphatic hydroxyl groups is 1. The van der Waals surface area contributed by atoms with Crippen molar-refractivity contribution in [1.82, 2.24) is 0 Å². The van der Waals surface area contributed by atoms with E-state index < -0.39 is 5.60 Å². The average Bonchev–Trinajstić information content (AvgIpc) is 2.74. The van der Waals surface area contributed by atoms with Gasteiger partial charge < -0.3 is 5.11 Å². The number of hydrogen-bond acceptors (Lipinski definition) is 1. The van der Waals surface area contributed by atoms with Crippen molar-refractivity contribution in [2.45, 2.75) is 83.2 Å². The van der Waals surface area contributed by atoms with Crippen LogP contribution in [0.3, 0.4) is 0 Å². The van der Waals surface area contributed by atoms with Gasteiger partial charge in [0.05, 0.1) is 5.60 Å². The lowest BCUT2D eigenvalue weighted by atomic mass is 9.64. The monoisotopic (exact) mass is 378 g/mol. The summed E-state index contributed by atoms with van der Waals surface area (Å²) in [5, 5.41) is 10.6. The Kier molecular flexibility index (Phi) is 6.99. The highest BCUT2D eigenvalue weighted by molar-refractivity contribution is 5.26. The zero-order valence-electron chi connectivity index (χ0n) is 18.0. The summed E-state index contributed by atoms with van der Waals surface area (Å²) < 4.78 is 0. The maximum Gasteiger partial charge on any atom is 0.0921 e. The predicted octanol–water partition coefficient (Wildman–Crippen LogP) is 7.24. The van der Waals surface area contributed by atoms with Crippen molar-refractivity contribution in [2.24, 2.45) is 11.8 Å². The molecule has 2 fully saturated rings. The van der Waals surface area contributed by atoms with Crippen LogP contribution in [0.5, 0.6) is 0 Å². The fourth-order valence-corrected chi connectivity index (χ4v) is 5.24. The van der Waals surface area contributed by atoms with Crippen LogP contribution in [0.25, 0.3) is 0 Å². The average molecular weight is 379 g/mol. The van der Waals surface area contributed by atoms with Crippen LogP contribution in [0.2, 0.25) is 0 Å². The first kappa shape index (κ1) is 21.1. The molecule has 2 aliphatic rings. The molecule has 0 aliphatic heterocycles. The number of hydrogen-bond donors (Lipinski definition) is 1. The molecule has 2 saturated carbocycles. The van der Waals surface area contributed by atoms with Gasteiger partial charge in [0, 0.05) is 0 Å². The number of benzene rings is 2. The standard InChI is InChI=1S/C14H20.C13H18O/c1-12-8-6-7-11-14(12,2)13-9-4-3-5-10-13;1-11-7-5-6-10-13(11,14)12-8-3-2-4-9-12/h3-5,9-10,12H,6-8,11H2,1-2H3;2-4,8-9,11,14H,5-7,10H2,1H3. The molecule has 4 unspecified atom stereocenters. The Hall–Kier alpha value is -1.60. The molecule has 0 bridgehead atoms. The van der Waals surface area contributed by atoms with Gasteiger partial charge in [-0.25, -0.2) is 0 Å². The van der Waals surface area contributed by atoms with Gasteiger partial charge in [-0.3, -0.25) is 0 Å². The predicted molar refractivity (Wildman–Crippen MR) is 119 cm³/mol. The molecule has 28 heavy (non-hydrogen) atoms. The molecular formula is C27H38O. The van der Waals surface area contributed by atoms with Gasteiger partial charge in [-0.1, -0.05) is 107 Å². The Labute approximate surface area is 172 Å². The van der Waals surface area contributed by atoms with Crippen molar-refractivity contribution in [2.75, 3.05) is 0 Å². The van der Waals surface area contributed by atoms with Gasteiger partial charge in [0.25, 0.3) is 0 Å². The van der Waals surface area contributed by atoms with Crippen LogP contribution in [0.1, 0.15) is 83.3 Å². The highest BCUT2D eigenvalue weighted by Gasteiger charge is 2.37. The Bertz CT molecular complexity index is 646. The minimum absolute atomic E-state index is 0.388. The lowest BCUT2D eigenvalue weighted by molar-refractivity contribution is -0.0469. The van der Waals surface area contributed by atoms with Crippen molar-refractivity contribution in [3.05, 3.63) is 71.8 Å². The third-order valence-corrected chi connectivity index (χ3v) is 7.64. The SMILES string of the molecule is CC1CCCCC1(C)c1ccccc1.CC1CCCCC1(O)c1ccccc1. The third-order valence-electron chi connectivity index (χ3n) is 7.64. The molecule has 4 rings (SSSR count). The van der Waals surface area contributed by atoms with Crippen LogP contribution >= 0.6 is 0 Å². The first-order valence-corrected chi connectivity index (χ1v) is 11.3. The summed E-state index contributed by atoms with van der Waals surface area (Å²) in [5.74, 6) is 1.22. The van der Waals surface area contributed by atoms with Crippen LogP contribution in [-0.2, 0) is 11.0 Å². The fourth-order valence-electron chi connectivity index (χ4n) is 5.24. The molecule has 2 aromatic rings. The van der Waals surface area contributed by atoms with Gasteiger partial charge in [0.1, 0.15) is 0 Å². The molecular weight excluding hydrogens is 340 g/mol. The summed E-state index contributed by atoms with van der Waals surface area (Å²) in [6, 6.07) is 21.1. The summed E-state index contributed by atoms with van der Waals surface area (Å²) in [6.07, 6.45) is 10.0. The Balaban J connectivity index is 0.000000161. The molecule has 2 aliphatic carbocycles. The minimum atomic E-state index is -0.570. The van der Waals surface area contributed by atoms with Crippen LogP contribution < -0.4 is 0 Å². The molecule has 4 atom stereocenters. The third kappa shape index (κ3) is 4.51. The molecule has 1 nitrogen and oxygen atoms in total. The van der Waals surface area contributed by atoms with E-state index in [1.165, 1.54) is 37.7 Å². The summed E-state index contributed by atoms with van der Waals surface area (Å²) >= 11 is 0. The lowest BCUT2D eigenvalue weighted by Crippen LogP contribution is -2.36. The Morgan fingerprint density at radius 1 is 0.679 bits per heavy atom. The van der Waals surface area contributed by atoms with Crippen LogP contribution in [0.15, 0.2) is 60.7 Å². The van der Waals surface area contributed by atoms with Crippen molar-refractivity contribution in [1.29, 1.82) is 0 Å². The van der Waals surface area contributed by atoms with E-state index >= 15 is 0 Å². The van der Waals surface area contributed by atoms with Crippen molar-refractivity contribution in [3.8, 4) is 0 Å². The topological polar surface area (TPSA) is 20.2 Å². The lowest BCUT2D eigenvalue weighted by Gasteiger charge is -2.40. The highest BCUT2D eigenvalue weighted by atomic mass is 16.3. The van der Waals surface area contributed by atoms with Gasteiger partial charge in [-0.2, -0.15) is 0 Å². The van der Waals surface area contributed by atoms with E-state index in [1.54, 1.807) is 0 Å². The molecule has 1 heteroatoms. The molecule has 0 spiro atoms. The summed E-state index contributed by atoms with van der Waals surface area (Å²) in [4.78, 5) is 0. The summed E-state index contributed by atoms with van der Waals surface area (Å²) in [7, 11) is 0. The quantitative estimate of drug-likeness (QED) is 0.584. The summed E-state index contributed by atoms with van der Waals surface area (Å²) in [6.45, 7) is 7.00. The van der Waals surface area contributed by atoms with E-state index in [2.05, 4.69) is 51.1 Å². The minimum Gasteiger partial charge on any atom is -0.385 e. The molecule has 0 radical (unpaired) electrons. The maximum atomic E-state index is 10.6. The van der Waals surface area contributed by atoms with Gasteiger partial charge in [-0.15, -0.1) is 0 Å². The molecule has 0 aromatic heterocycles. The van der Waals surface area contributed by atoms with Crippen LogP contribution in [0.4, 0.5) is 0 Å². The normalized spacial score (nSPS) is 32.9. The van der Waals surface area contributed by atoms with Crippen molar-refractivity contribution in [3.63, 3.8) is 0 Å². The summed E-state index contributed by atoms with van der Waals surface area (Å²) in [5.41, 5.74) is 2.48. The highest BCUT2D eigenvalue weighted by Crippen LogP contribution is 2.43. The van der Waals surface area contributed by atoms with E-state index in [9.17, 15) is 5.11 Å². The Morgan fingerprint density at radius 3 is 1.71 bits per heavy atom. The Morgan fingerprint density at radius 2 is 1.18 bits per heavy atom. The fraction of sp³-hybridized carbons (Fsp3) is 0.556. The smallest absolute Gasteiger partial charge is 0.0921 e. The zero-order chi connectivity index (χ0) is 20.0. The molecule has 152 valence electrons. The van der Waals surface area contributed by atoms with E-state index in [0.29, 0.717) is 11.3 Å². The van der Waals surface area contributed by atoms with E-state index in [-0.39, 0.29) is 0 Å². The van der Waals surface area contributed by atoms with E-state index in [1.807, 2.05) is 30.3 Å². The van der Waals surface area contributed by atoms with E-state index in [0.717, 1.165) is 30.7 Å². The molecule has 0 heterocycles. The molecule has 0 amide bonds. The number of rotatable bonds is 2. The molecule has 0 saturated heterocycles. The largest absolute Gasteiger partial charge is 0.385 e. The second-order valence-corrected chi connectivity index (χ2v) is 9.37. The van der Waals surface area contributed by atoms with Crippen LogP contribution in [0, 0.1) is 11.8 Å². The van der Waals surface area contributed by atoms with Gasteiger partial charge >= 0.3 is 0 Å². The van der Waals surface area contributed by atoms with Gasteiger partial charge in [0.15, 0.2) is 0 Å². The van der Waals surface area contributed by atoms with Gasteiger partial charge in [0.2, 0.25) is 0 Å². The first-order valence-electron chi connectivity index (χ1n) is 11.3. The van der Waals surface area contributed by atoms with Crippen molar-refractivity contribution < 1.29 is 5.11 Å². The first-order chi connectivity index (χ1) is 13.5. The maximum absolute atomic E-state index is 10.6. The molecule has 1 N–H and O–H groups in total. The van der Waals surface area contributed by atoms with E-state index in [4.69, 9.17) is 0 Å². The second-order valence-electron chi connectivity index (χ2n) is 9.37. The zero-order valence-corrected chi connectivity index (χ0v) is 18.0. The second kappa shape index (κ2) is 9.27.